The highest BCUT2D eigenvalue weighted by atomic mass is 16.3. The monoisotopic (exact) mass is 217 g/mol. The van der Waals surface area contributed by atoms with Crippen molar-refractivity contribution < 1.29 is 5.11 Å². The van der Waals surface area contributed by atoms with Crippen LogP contribution in [0.1, 0.15) is 24.4 Å². The van der Waals surface area contributed by atoms with Gasteiger partial charge in [0.05, 0.1) is 11.6 Å². The number of likely N-dealkylation sites (tertiary alicyclic amines) is 1. The SMILES string of the molecule is C=CCC1(O)CCN(C)C1c1ccccc1. The topological polar surface area (TPSA) is 23.5 Å². The van der Waals surface area contributed by atoms with Crippen LogP contribution in [0.25, 0.3) is 0 Å². The predicted molar refractivity (Wildman–Crippen MR) is 66.2 cm³/mol. The van der Waals surface area contributed by atoms with Gasteiger partial charge in [0.2, 0.25) is 0 Å². The first kappa shape index (κ1) is 11.4. The molecule has 0 bridgehead atoms. The molecule has 0 saturated carbocycles. The van der Waals surface area contributed by atoms with E-state index in [4.69, 9.17) is 0 Å². The second-order valence-electron chi connectivity index (χ2n) is 4.64. The van der Waals surface area contributed by atoms with Crippen LogP contribution in [0.2, 0.25) is 0 Å². The van der Waals surface area contributed by atoms with Crippen LogP contribution >= 0.6 is 0 Å². The van der Waals surface area contributed by atoms with Crippen molar-refractivity contribution >= 4 is 0 Å². The Morgan fingerprint density at radius 1 is 1.50 bits per heavy atom. The summed E-state index contributed by atoms with van der Waals surface area (Å²) in [5.74, 6) is 0. The van der Waals surface area contributed by atoms with Gasteiger partial charge < -0.3 is 5.11 Å². The Bertz CT molecular complexity index is 362. The highest BCUT2D eigenvalue weighted by Gasteiger charge is 2.44. The maximum Gasteiger partial charge on any atom is 0.0889 e. The summed E-state index contributed by atoms with van der Waals surface area (Å²) in [6, 6.07) is 10.3. The lowest BCUT2D eigenvalue weighted by atomic mass is 9.86. The van der Waals surface area contributed by atoms with Gasteiger partial charge in [-0.1, -0.05) is 36.4 Å². The number of rotatable bonds is 3. The van der Waals surface area contributed by atoms with Crippen molar-refractivity contribution in [3.05, 3.63) is 48.6 Å². The summed E-state index contributed by atoms with van der Waals surface area (Å²) in [6.45, 7) is 4.68. The van der Waals surface area contributed by atoms with Crippen LogP contribution in [-0.2, 0) is 0 Å². The molecule has 2 unspecified atom stereocenters. The zero-order valence-corrected chi connectivity index (χ0v) is 9.76. The highest BCUT2D eigenvalue weighted by molar-refractivity contribution is 5.24. The Kier molecular flexibility index (Phi) is 3.13. The molecule has 0 amide bonds. The molecule has 1 heterocycles. The standard InChI is InChI=1S/C14H19NO/c1-3-9-14(16)10-11-15(2)13(14)12-7-5-4-6-8-12/h3-8,13,16H,1,9-11H2,2H3. The third kappa shape index (κ3) is 1.91. The van der Waals surface area contributed by atoms with Crippen molar-refractivity contribution in [2.24, 2.45) is 0 Å². The van der Waals surface area contributed by atoms with Crippen molar-refractivity contribution in [2.75, 3.05) is 13.6 Å². The smallest absolute Gasteiger partial charge is 0.0889 e. The molecule has 86 valence electrons. The Hall–Kier alpha value is -1.12. The average Bonchev–Trinajstić information content (AvgIpc) is 2.56. The minimum atomic E-state index is -0.655. The van der Waals surface area contributed by atoms with E-state index in [1.807, 2.05) is 24.3 Å². The van der Waals surface area contributed by atoms with Crippen LogP contribution in [0.15, 0.2) is 43.0 Å². The molecule has 0 aliphatic carbocycles. The molecular formula is C14H19NO. The van der Waals surface area contributed by atoms with E-state index in [-0.39, 0.29) is 6.04 Å². The fourth-order valence-electron chi connectivity index (χ4n) is 2.71. The molecule has 0 radical (unpaired) electrons. The molecule has 1 fully saturated rings. The fourth-order valence-corrected chi connectivity index (χ4v) is 2.71. The number of hydrogen-bond acceptors (Lipinski definition) is 2. The van der Waals surface area contributed by atoms with E-state index < -0.39 is 5.60 Å². The molecule has 1 aromatic carbocycles. The lowest BCUT2D eigenvalue weighted by Crippen LogP contribution is -2.35. The molecule has 2 nitrogen and oxygen atoms in total. The molecule has 1 N–H and O–H groups in total. The van der Waals surface area contributed by atoms with Crippen molar-refractivity contribution in [1.82, 2.24) is 4.90 Å². The number of nitrogens with zero attached hydrogens (tertiary/aromatic N) is 1. The summed E-state index contributed by atoms with van der Waals surface area (Å²) >= 11 is 0. The minimum Gasteiger partial charge on any atom is -0.388 e. The first-order chi connectivity index (χ1) is 7.67. The number of likely N-dealkylation sites (N-methyl/N-ethyl adjacent to an activating group) is 1. The molecule has 2 rings (SSSR count). The van der Waals surface area contributed by atoms with E-state index in [0.29, 0.717) is 6.42 Å². The maximum atomic E-state index is 10.7. The van der Waals surface area contributed by atoms with Gasteiger partial charge in [-0.05, 0) is 25.5 Å². The predicted octanol–water partition coefficient (Wildman–Crippen LogP) is 2.37. The minimum absolute atomic E-state index is 0.0895. The molecular weight excluding hydrogens is 198 g/mol. The van der Waals surface area contributed by atoms with Crippen molar-refractivity contribution in [3.63, 3.8) is 0 Å². The summed E-state index contributed by atoms with van der Waals surface area (Å²) in [5, 5.41) is 10.7. The first-order valence-electron chi connectivity index (χ1n) is 5.76. The molecule has 2 heteroatoms. The van der Waals surface area contributed by atoms with Crippen molar-refractivity contribution in [2.45, 2.75) is 24.5 Å². The van der Waals surface area contributed by atoms with Gasteiger partial charge in [-0.2, -0.15) is 0 Å². The van der Waals surface area contributed by atoms with E-state index in [0.717, 1.165) is 13.0 Å². The zero-order chi connectivity index (χ0) is 11.6. The Morgan fingerprint density at radius 2 is 2.19 bits per heavy atom. The molecule has 1 aliphatic heterocycles. The first-order valence-corrected chi connectivity index (χ1v) is 5.76. The molecule has 1 aromatic rings. The Morgan fingerprint density at radius 3 is 2.81 bits per heavy atom. The third-order valence-electron chi connectivity index (χ3n) is 3.46. The van der Waals surface area contributed by atoms with Gasteiger partial charge in [0.15, 0.2) is 0 Å². The number of aliphatic hydroxyl groups is 1. The molecule has 0 aromatic heterocycles. The maximum absolute atomic E-state index is 10.7. The van der Waals surface area contributed by atoms with Crippen LogP contribution < -0.4 is 0 Å². The van der Waals surface area contributed by atoms with Gasteiger partial charge >= 0.3 is 0 Å². The van der Waals surface area contributed by atoms with E-state index in [1.165, 1.54) is 5.56 Å². The van der Waals surface area contributed by atoms with Gasteiger partial charge in [0, 0.05) is 6.54 Å². The van der Waals surface area contributed by atoms with Crippen LogP contribution in [0.4, 0.5) is 0 Å². The molecule has 2 atom stereocenters. The highest BCUT2D eigenvalue weighted by Crippen LogP contribution is 2.41. The Balaban J connectivity index is 2.33. The fraction of sp³-hybridized carbons (Fsp3) is 0.429. The van der Waals surface area contributed by atoms with E-state index in [2.05, 4.69) is 30.7 Å². The second kappa shape index (κ2) is 4.40. The lowest BCUT2D eigenvalue weighted by Gasteiger charge is -2.32. The molecule has 16 heavy (non-hydrogen) atoms. The van der Waals surface area contributed by atoms with Crippen molar-refractivity contribution in [1.29, 1.82) is 0 Å². The van der Waals surface area contributed by atoms with E-state index in [9.17, 15) is 5.11 Å². The average molecular weight is 217 g/mol. The summed E-state index contributed by atoms with van der Waals surface area (Å²) in [5.41, 5.74) is 0.532. The number of hydrogen-bond donors (Lipinski definition) is 1. The van der Waals surface area contributed by atoms with Crippen LogP contribution in [0.3, 0.4) is 0 Å². The molecule has 1 saturated heterocycles. The normalized spacial score (nSPS) is 30.5. The van der Waals surface area contributed by atoms with E-state index >= 15 is 0 Å². The van der Waals surface area contributed by atoms with Gasteiger partial charge in [0.25, 0.3) is 0 Å². The molecule has 0 spiro atoms. The third-order valence-corrected chi connectivity index (χ3v) is 3.46. The largest absolute Gasteiger partial charge is 0.388 e. The molecule has 1 aliphatic rings. The summed E-state index contributed by atoms with van der Waals surface area (Å²) in [6.07, 6.45) is 3.28. The number of benzene rings is 1. The van der Waals surface area contributed by atoms with Gasteiger partial charge in [0.1, 0.15) is 0 Å². The van der Waals surface area contributed by atoms with Crippen molar-refractivity contribution in [3.8, 4) is 0 Å². The Labute approximate surface area is 97.2 Å². The lowest BCUT2D eigenvalue weighted by molar-refractivity contribution is 0.00989. The quantitative estimate of drug-likeness (QED) is 0.786. The van der Waals surface area contributed by atoms with Crippen LogP contribution in [0, 0.1) is 0 Å². The zero-order valence-electron chi connectivity index (χ0n) is 9.76. The van der Waals surface area contributed by atoms with Gasteiger partial charge in [-0.25, -0.2) is 0 Å². The van der Waals surface area contributed by atoms with Gasteiger partial charge in [-0.3, -0.25) is 4.90 Å². The van der Waals surface area contributed by atoms with E-state index in [1.54, 1.807) is 0 Å². The summed E-state index contributed by atoms with van der Waals surface area (Å²) in [7, 11) is 2.07. The van der Waals surface area contributed by atoms with Gasteiger partial charge in [-0.15, -0.1) is 6.58 Å². The van der Waals surface area contributed by atoms with Crippen LogP contribution in [0.5, 0.6) is 0 Å². The summed E-state index contributed by atoms with van der Waals surface area (Å²) < 4.78 is 0. The summed E-state index contributed by atoms with van der Waals surface area (Å²) in [4.78, 5) is 2.22. The van der Waals surface area contributed by atoms with Crippen LogP contribution in [-0.4, -0.2) is 29.2 Å². The second-order valence-corrected chi connectivity index (χ2v) is 4.64.